The minimum Gasteiger partial charge on any atom is -0.462 e. The topological polar surface area (TPSA) is 237 Å². The van der Waals surface area contributed by atoms with Crippen LogP contribution >= 0.6 is 15.6 Å². The van der Waals surface area contributed by atoms with E-state index in [1.165, 1.54) is 186 Å². The van der Waals surface area contributed by atoms with E-state index in [1.807, 2.05) is 0 Å². The zero-order valence-electron chi connectivity index (χ0n) is 57.6. The number of carbonyl (C=O) groups is 4. The lowest BCUT2D eigenvalue weighted by molar-refractivity contribution is -0.161. The van der Waals surface area contributed by atoms with Crippen molar-refractivity contribution in [2.45, 2.75) is 380 Å². The summed E-state index contributed by atoms with van der Waals surface area (Å²) in [6.45, 7) is 7.25. The lowest BCUT2D eigenvalue weighted by Crippen LogP contribution is -2.30. The fourth-order valence-electron chi connectivity index (χ4n) is 10.6. The first-order chi connectivity index (χ1) is 43.1. The van der Waals surface area contributed by atoms with Crippen molar-refractivity contribution in [2.75, 3.05) is 39.6 Å². The molecule has 528 valence electrons. The van der Waals surface area contributed by atoms with Gasteiger partial charge in [-0.2, -0.15) is 0 Å². The van der Waals surface area contributed by atoms with Gasteiger partial charge in [-0.05, 0) is 31.6 Å². The number of unbranched alkanes of at least 4 members (excludes halogenated alkanes) is 41. The Balaban J connectivity index is 5.26. The Morgan fingerprint density at radius 1 is 0.315 bits per heavy atom. The van der Waals surface area contributed by atoms with Crippen molar-refractivity contribution in [3.05, 3.63) is 0 Å². The molecule has 0 radical (unpaired) electrons. The van der Waals surface area contributed by atoms with Crippen molar-refractivity contribution in [1.82, 2.24) is 0 Å². The number of aliphatic hydroxyl groups is 1. The first kappa shape index (κ1) is 87.1. The van der Waals surface area contributed by atoms with Crippen LogP contribution in [0.3, 0.4) is 0 Å². The number of rotatable bonds is 70. The predicted molar refractivity (Wildman–Crippen MR) is 358 cm³/mol. The average molecular weight is 1310 g/mol. The van der Waals surface area contributed by atoms with Gasteiger partial charge in [0.25, 0.3) is 0 Å². The summed E-state index contributed by atoms with van der Waals surface area (Å²) < 4.78 is 68.3. The molecule has 3 N–H and O–H groups in total. The molecule has 0 rings (SSSR count). The van der Waals surface area contributed by atoms with Crippen molar-refractivity contribution >= 4 is 39.5 Å². The highest BCUT2D eigenvalue weighted by molar-refractivity contribution is 7.47. The van der Waals surface area contributed by atoms with Gasteiger partial charge in [-0.25, -0.2) is 9.13 Å². The Hall–Kier alpha value is -1.94. The first-order valence-electron chi connectivity index (χ1n) is 36.7. The van der Waals surface area contributed by atoms with Gasteiger partial charge >= 0.3 is 39.5 Å². The van der Waals surface area contributed by atoms with E-state index in [1.54, 1.807) is 0 Å². The number of phosphoric ester groups is 2. The lowest BCUT2D eigenvalue weighted by atomic mass is 9.99. The van der Waals surface area contributed by atoms with Crippen LogP contribution in [-0.4, -0.2) is 96.7 Å². The van der Waals surface area contributed by atoms with Crippen LogP contribution in [-0.2, 0) is 65.4 Å². The molecule has 19 heteroatoms. The van der Waals surface area contributed by atoms with Crippen molar-refractivity contribution in [3.63, 3.8) is 0 Å². The van der Waals surface area contributed by atoms with Gasteiger partial charge in [-0.15, -0.1) is 0 Å². The molecule has 0 heterocycles. The molecule has 0 aliphatic carbocycles. The van der Waals surface area contributed by atoms with Crippen molar-refractivity contribution in [1.29, 1.82) is 0 Å². The largest absolute Gasteiger partial charge is 0.472 e. The molecule has 0 saturated heterocycles. The van der Waals surface area contributed by atoms with Crippen molar-refractivity contribution in [3.8, 4) is 0 Å². The predicted octanol–water partition coefficient (Wildman–Crippen LogP) is 20.1. The van der Waals surface area contributed by atoms with E-state index >= 15 is 0 Å². The van der Waals surface area contributed by atoms with Gasteiger partial charge in [-0.3, -0.25) is 37.3 Å². The summed E-state index contributed by atoms with van der Waals surface area (Å²) in [6, 6.07) is 0. The van der Waals surface area contributed by atoms with Gasteiger partial charge in [0, 0.05) is 25.7 Å². The van der Waals surface area contributed by atoms with E-state index in [4.69, 9.17) is 37.0 Å². The maximum atomic E-state index is 13.0. The molecule has 0 saturated carbocycles. The Kier molecular flexibility index (Phi) is 62.1. The van der Waals surface area contributed by atoms with Gasteiger partial charge in [0.05, 0.1) is 26.4 Å². The van der Waals surface area contributed by atoms with Gasteiger partial charge in [-0.1, -0.05) is 311 Å². The molecule has 0 bridgehead atoms. The summed E-state index contributed by atoms with van der Waals surface area (Å²) in [6.07, 6.45) is 49.7. The molecule has 3 unspecified atom stereocenters. The monoisotopic (exact) mass is 1310 g/mol. The Morgan fingerprint density at radius 2 is 0.539 bits per heavy atom. The minimum atomic E-state index is -4.95. The molecule has 0 aromatic heterocycles. The molecule has 6 atom stereocenters. The second-order valence-electron chi connectivity index (χ2n) is 25.5. The van der Waals surface area contributed by atoms with E-state index in [9.17, 15) is 43.2 Å². The third-order valence-corrected chi connectivity index (χ3v) is 18.5. The molecular weight excluding hydrogens is 1170 g/mol. The van der Waals surface area contributed by atoms with E-state index in [2.05, 4.69) is 34.6 Å². The smallest absolute Gasteiger partial charge is 0.462 e. The summed E-state index contributed by atoms with van der Waals surface area (Å²) in [5.74, 6) is -1.35. The molecule has 0 fully saturated rings. The summed E-state index contributed by atoms with van der Waals surface area (Å²) in [4.78, 5) is 72.5. The molecule has 0 aliphatic rings. The number of esters is 4. The van der Waals surface area contributed by atoms with Gasteiger partial charge < -0.3 is 33.8 Å². The van der Waals surface area contributed by atoms with Crippen molar-refractivity contribution < 1.29 is 80.2 Å². The van der Waals surface area contributed by atoms with Crippen LogP contribution in [0.1, 0.15) is 362 Å². The number of aliphatic hydroxyl groups excluding tert-OH is 1. The zero-order chi connectivity index (χ0) is 65.6. The maximum Gasteiger partial charge on any atom is 0.472 e. The minimum absolute atomic E-state index is 0.106. The highest BCUT2D eigenvalue weighted by Gasteiger charge is 2.30. The van der Waals surface area contributed by atoms with Gasteiger partial charge in [0.15, 0.2) is 12.2 Å². The maximum absolute atomic E-state index is 13.0. The number of phosphoric acid groups is 2. The third kappa shape index (κ3) is 63.2. The molecular formula is C70H136O17P2. The van der Waals surface area contributed by atoms with Crippen LogP contribution in [0.15, 0.2) is 0 Å². The normalized spacial score (nSPS) is 14.4. The summed E-state index contributed by atoms with van der Waals surface area (Å²) in [5.41, 5.74) is 0. The first-order valence-corrected chi connectivity index (χ1v) is 39.7. The van der Waals surface area contributed by atoms with Crippen LogP contribution < -0.4 is 0 Å². The van der Waals surface area contributed by atoms with Gasteiger partial charge in [0.2, 0.25) is 0 Å². The molecule has 0 aromatic rings. The van der Waals surface area contributed by atoms with E-state index in [-0.39, 0.29) is 25.7 Å². The fourth-order valence-corrected chi connectivity index (χ4v) is 12.2. The molecule has 89 heavy (non-hydrogen) atoms. The number of ether oxygens (including phenoxy) is 4. The standard InChI is InChI=1S/C70H136O17P2/c1-6-10-13-16-19-22-25-27-30-33-39-44-49-54-68(73)81-59-65(86-69(74)55-50-45-40-34-31-28-26-23-20-17-14-11-7-2)61-84-88(76,77)82-57-64(71)58-83-89(78,79)85-62-66(60-80-67(72)53-48-43-38-32-29-24-21-18-15-12-8-3)87-70(75)56-51-46-41-36-35-37-42-47-52-63(5)9-4/h63-66,71H,6-62H2,1-5H3,(H,76,77)(H,78,79)/t63?,64-,65-,66-/m1/s1. The number of hydrogen-bond donors (Lipinski definition) is 3. The number of carbonyl (C=O) groups excluding carboxylic acids is 4. The Morgan fingerprint density at radius 3 is 0.798 bits per heavy atom. The van der Waals surface area contributed by atoms with Crippen LogP contribution in [0.5, 0.6) is 0 Å². The fraction of sp³-hybridized carbons (Fsp3) is 0.943. The average Bonchev–Trinajstić information content (AvgIpc) is 3.69. The zero-order valence-corrected chi connectivity index (χ0v) is 59.4. The summed E-state index contributed by atoms with van der Waals surface area (Å²) >= 11 is 0. The Bertz CT molecular complexity index is 1720. The molecule has 0 aromatic carbocycles. The van der Waals surface area contributed by atoms with Crippen molar-refractivity contribution in [2.24, 2.45) is 5.92 Å². The molecule has 0 amide bonds. The Labute approximate surface area is 543 Å². The van der Waals surface area contributed by atoms with Gasteiger partial charge in [0.1, 0.15) is 19.3 Å². The van der Waals surface area contributed by atoms with Crippen LogP contribution in [0.25, 0.3) is 0 Å². The van der Waals surface area contributed by atoms with E-state index < -0.39 is 97.5 Å². The number of hydrogen-bond acceptors (Lipinski definition) is 15. The quantitative estimate of drug-likeness (QED) is 0.0222. The van der Waals surface area contributed by atoms with Crippen LogP contribution in [0.2, 0.25) is 0 Å². The third-order valence-electron chi connectivity index (χ3n) is 16.6. The van der Waals surface area contributed by atoms with Crippen LogP contribution in [0.4, 0.5) is 0 Å². The second-order valence-corrected chi connectivity index (χ2v) is 28.4. The second kappa shape index (κ2) is 63.5. The highest BCUT2D eigenvalue weighted by atomic mass is 31.2. The van der Waals surface area contributed by atoms with E-state index in [0.717, 1.165) is 95.8 Å². The summed E-state index contributed by atoms with van der Waals surface area (Å²) in [5, 5.41) is 10.6. The lowest BCUT2D eigenvalue weighted by Gasteiger charge is -2.21. The molecule has 0 aliphatic heterocycles. The molecule has 0 spiro atoms. The van der Waals surface area contributed by atoms with Crippen LogP contribution in [0, 0.1) is 5.92 Å². The van der Waals surface area contributed by atoms with E-state index in [0.29, 0.717) is 25.7 Å². The highest BCUT2D eigenvalue weighted by Crippen LogP contribution is 2.45. The SMILES string of the molecule is CCCCCCCCCCCCCCCC(=O)OC[C@H](COP(=O)(O)OC[C@@H](O)COP(=O)(O)OC[C@@H](COC(=O)CCCCCCCCCCCCC)OC(=O)CCCCCCCCCCC(C)CC)OC(=O)CCCCCCCCCCCCCCC. The summed E-state index contributed by atoms with van der Waals surface area (Å²) in [7, 11) is -9.90. The molecule has 17 nitrogen and oxygen atoms in total.